The van der Waals surface area contributed by atoms with Crippen molar-refractivity contribution >= 4 is 33.0 Å². The smallest absolute Gasteiger partial charge is 0.242 e. The molecule has 0 saturated heterocycles. The molecule has 1 aromatic heterocycles. The number of aromatic nitrogens is 1. The van der Waals surface area contributed by atoms with E-state index in [9.17, 15) is 13.2 Å². The van der Waals surface area contributed by atoms with E-state index in [-0.39, 0.29) is 17.3 Å². The lowest BCUT2D eigenvalue weighted by Gasteiger charge is -2.22. The van der Waals surface area contributed by atoms with Gasteiger partial charge in [-0.2, -0.15) is 0 Å². The van der Waals surface area contributed by atoms with Gasteiger partial charge in [0.1, 0.15) is 12.0 Å². The van der Waals surface area contributed by atoms with Gasteiger partial charge in [-0.15, -0.1) is 0 Å². The van der Waals surface area contributed by atoms with Crippen molar-refractivity contribution < 1.29 is 17.6 Å². The summed E-state index contributed by atoms with van der Waals surface area (Å²) in [6.45, 7) is 4.07. The minimum Gasteiger partial charge on any atom is -0.444 e. The predicted octanol–water partition coefficient (Wildman–Crippen LogP) is 4.27. The number of carbonyl (C=O) groups excluding carboxylic acids is 1. The van der Waals surface area contributed by atoms with E-state index in [4.69, 9.17) is 16.0 Å². The number of para-hydroxylation sites is 1. The Morgan fingerprint density at radius 3 is 2.62 bits per heavy atom. The number of hydrogen-bond donors (Lipinski definition) is 0. The van der Waals surface area contributed by atoms with Crippen molar-refractivity contribution in [2.24, 2.45) is 0 Å². The summed E-state index contributed by atoms with van der Waals surface area (Å²) in [5.41, 5.74) is 2.50. The zero-order chi connectivity index (χ0) is 21.0. The minimum atomic E-state index is -3.73. The van der Waals surface area contributed by atoms with E-state index >= 15 is 0 Å². The van der Waals surface area contributed by atoms with Gasteiger partial charge in [-0.3, -0.25) is 4.79 Å². The van der Waals surface area contributed by atoms with Gasteiger partial charge in [0.05, 0.1) is 11.4 Å². The van der Waals surface area contributed by atoms with E-state index in [0.717, 1.165) is 5.56 Å². The minimum absolute atomic E-state index is 0.242. The lowest BCUT2D eigenvalue weighted by atomic mass is 10.2. The second-order valence-corrected chi connectivity index (χ2v) is 9.11. The van der Waals surface area contributed by atoms with E-state index < -0.39 is 21.5 Å². The summed E-state index contributed by atoms with van der Waals surface area (Å²) >= 11 is 5.96. The van der Waals surface area contributed by atoms with E-state index in [1.54, 1.807) is 30.3 Å². The van der Waals surface area contributed by atoms with E-state index in [2.05, 4.69) is 4.98 Å². The maximum Gasteiger partial charge on any atom is 0.242 e. The number of aryl methyl sites for hydroxylation is 1. The molecule has 0 fully saturated rings. The van der Waals surface area contributed by atoms with E-state index in [1.165, 1.54) is 11.2 Å². The average Bonchev–Trinajstić information content (AvgIpc) is 3.11. The van der Waals surface area contributed by atoms with Gasteiger partial charge in [-0.1, -0.05) is 35.9 Å². The van der Waals surface area contributed by atoms with Gasteiger partial charge in [-0.05, 0) is 43.7 Å². The molecule has 29 heavy (non-hydrogen) atoms. The quantitative estimate of drug-likeness (QED) is 0.556. The van der Waals surface area contributed by atoms with Gasteiger partial charge in [0.2, 0.25) is 11.8 Å². The van der Waals surface area contributed by atoms with Crippen LogP contribution in [0, 0.1) is 6.92 Å². The van der Waals surface area contributed by atoms with Crippen LogP contribution >= 0.6 is 11.6 Å². The van der Waals surface area contributed by atoms with Gasteiger partial charge in [0, 0.05) is 22.8 Å². The fourth-order valence-corrected chi connectivity index (χ4v) is 4.42. The molecule has 0 aliphatic heterocycles. The monoisotopic (exact) mass is 432 g/mol. The molecule has 0 atom stereocenters. The summed E-state index contributed by atoms with van der Waals surface area (Å²) in [4.78, 5) is 18.4. The van der Waals surface area contributed by atoms with Gasteiger partial charge in [-0.25, -0.2) is 13.4 Å². The van der Waals surface area contributed by atoms with Crippen molar-refractivity contribution in [3.63, 3.8) is 0 Å². The van der Waals surface area contributed by atoms with Crippen molar-refractivity contribution in [3.05, 3.63) is 71.1 Å². The Bertz CT molecular complexity index is 1120. The largest absolute Gasteiger partial charge is 0.444 e. The molecule has 0 N–H and O–H groups in total. The molecule has 3 aromatic rings. The molecule has 152 valence electrons. The number of amides is 1. The maximum atomic E-state index is 12.7. The Hall–Kier alpha value is -2.64. The molecule has 0 unspecified atom stereocenters. The van der Waals surface area contributed by atoms with Crippen LogP contribution in [-0.2, 0) is 20.4 Å². The van der Waals surface area contributed by atoms with Crippen LogP contribution in [-0.4, -0.2) is 31.6 Å². The number of anilines is 1. The Balaban J connectivity index is 1.73. The number of halogens is 1. The van der Waals surface area contributed by atoms with Crippen LogP contribution in [0.1, 0.15) is 18.2 Å². The maximum absolute atomic E-state index is 12.7. The molecule has 0 saturated carbocycles. The van der Waals surface area contributed by atoms with E-state index in [1.807, 2.05) is 32.0 Å². The highest BCUT2D eigenvalue weighted by Gasteiger charge is 2.24. The molecule has 8 heteroatoms. The number of rotatable bonds is 7. The Labute approximate surface area is 175 Å². The highest BCUT2D eigenvalue weighted by atomic mass is 35.5. The molecular weight excluding hydrogens is 412 g/mol. The SMILES string of the molecule is CCN(C(=O)CS(=O)(=O)Cc1coc(-c2cccc(Cl)c2)n1)c1ccccc1C. The average molecular weight is 433 g/mol. The summed E-state index contributed by atoms with van der Waals surface area (Å²) < 4.78 is 30.6. The zero-order valence-corrected chi connectivity index (χ0v) is 17.7. The van der Waals surface area contributed by atoms with Crippen molar-refractivity contribution in [1.29, 1.82) is 0 Å². The number of nitrogens with zero attached hydrogens (tertiary/aromatic N) is 2. The molecule has 0 bridgehead atoms. The van der Waals surface area contributed by atoms with Crippen molar-refractivity contribution in [2.45, 2.75) is 19.6 Å². The first-order chi connectivity index (χ1) is 13.8. The topological polar surface area (TPSA) is 80.5 Å². The third-order valence-electron chi connectivity index (χ3n) is 4.36. The third kappa shape index (κ3) is 5.25. The fourth-order valence-electron chi connectivity index (χ4n) is 3.02. The predicted molar refractivity (Wildman–Crippen MR) is 114 cm³/mol. The van der Waals surface area contributed by atoms with Crippen LogP contribution in [0.3, 0.4) is 0 Å². The van der Waals surface area contributed by atoms with Crippen LogP contribution in [0.2, 0.25) is 5.02 Å². The molecule has 0 radical (unpaired) electrons. The number of sulfone groups is 1. The molecule has 0 aliphatic carbocycles. The lowest BCUT2D eigenvalue weighted by Crippen LogP contribution is -2.36. The second-order valence-electron chi connectivity index (χ2n) is 6.61. The number of oxazole rings is 1. The van der Waals surface area contributed by atoms with Crippen molar-refractivity contribution in [1.82, 2.24) is 4.98 Å². The summed E-state index contributed by atoms with van der Waals surface area (Å²) in [6.07, 6.45) is 1.29. The zero-order valence-electron chi connectivity index (χ0n) is 16.1. The standard InChI is InChI=1S/C21H21ClN2O4S/c1-3-24(19-10-5-4-7-15(19)2)20(25)14-29(26,27)13-18-12-28-21(23-18)16-8-6-9-17(22)11-16/h4-12H,3,13-14H2,1-2H3. The molecule has 3 rings (SSSR count). The van der Waals surface area contributed by atoms with E-state index in [0.29, 0.717) is 22.8 Å². The highest BCUT2D eigenvalue weighted by molar-refractivity contribution is 7.91. The van der Waals surface area contributed by atoms with Gasteiger partial charge in [0.25, 0.3) is 0 Å². The molecule has 0 aliphatic rings. The van der Waals surface area contributed by atoms with Gasteiger partial charge >= 0.3 is 0 Å². The normalized spacial score (nSPS) is 11.4. The van der Waals surface area contributed by atoms with Crippen molar-refractivity contribution in [3.8, 4) is 11.5 Å². The van der Waals surface area contributed by atoms with Crippen LogP contribution < -0.4 is 4.90 Å². The first-order valence-electron chi connectivity index (χ1n) is 9.06. The summed E-state index contributed by atoms with van der Waals surface area (Å²) in [5, 5.41) is 0.524. The third-order valence-corrected chi connectivity index (χ3v) is 6.02. The summed E-state index contributed by atoms with van der Waals surface area (Å²) in [7, 11) is -3.73. The van der Waals surface area contributed by atoms with Crippen LogP contribution in [0.4, 0.5) is 5.69 Å². The Morgan fingerprint density at radius 1 is 1.17 bits per heavy atom. The fraction of sp³-hybridized carbons (Fsp3) is 0.238. The number of carbonyl (C=O) groups is 1. The molecule has 1 heterocycles. The number of benzene rings is 2. The van der Waals surface area contributed by atoms with Crippen LogP contribution in [0.5, 0.6) is 0 Å². The van der Waals surface area contributed by atoms with Crippen molar-refractivity contribution in [2.75, 3.05) is 17.2 Å². The Kier molecular flexibility index (Phi) is 6.39. The molecule has 0 spiro atoms. The van der Waals surface area contributed by atoms with Crippen LogP contribution in [0.25, 0.3) is 11.5 Å². The summed E-state index contributed by atoms with van der Waals surface area (Å²) in [6, 6.07) is 14.3. The Morgan fingerprint density at radius 2 is 1.93 bits per heavy atom. The lowest BCUT2D eigenvalue weighted by molar-refractivity contribution is -0.116. The molecular formula is C21H21ClN2O4S. The van der Waals surface area contributed by atoms with Gasteiger partial charge in [0.15, 0.2) is 9.84 Å². The molecule has 1 amide bonds. The van der Waals surface area contributed by atoms with Gasteiger partial charge < -0.3 is 9.32 Å². The van der Waals surface area contributed by atoms with Crippen LogP contribution in [0.15, 0.2) is 59.2 Å². The summed E-state index contributed by atoms with van der Waals surface area (Å²) in [5.74, 6) is -1.18. The number of hydrogen-bond acceptors (Lipinski definition) is 5. The first-order valence-corrected chi connectivity index (χ1v) is 11.3. The first kappa shape index (κ1) is 21.1. The second kappa shape index (κ2) is 8.80. The molecule has 6 nitrogen and oxygen atoms in total. The molecule has 2 aromatic carbocycles. The highest BCUT2D eigenvalue weighted by Crippen LogP contribution is 2.23.